The molecule has 4 heteroatoms. The molecule has 74 valence electrons. The summed E-state index contributed by atoms with van der Waals surface area (Å²) in [6, 6.07) is 5.59. The second kappa shape index (κ2) is 3.50. The van der Waals surface area contributed by atoms with Gasteiger partial charge in [-0.05, 0) is 19.1 Å². The summed E-state index contributed by atoms with van der Waals surface area (Å²) in [7, 11) is 0. The van der Waals surface area contributed by atoms with Crippen LogP contribution >= 0.6 is 11.6 Å². The number of nitrogens with zero attached hydrogens (tertiary/aromatic N) is 1. The number of nitrogens with one attached hydrogen (secondary N) is 1. The number of halogens is 1. The molecule has 0 fully saturated rings. The third-order valence-electron chi connectivity index (χ3n) is 2.30. The van der Waals surface area contributed by atoms with Crippen LogP contribution in [0.3, 0.4) is 0 Å². The molecule has 0 bridgehead atoms. The lowest BCUT2D eigenvalue weighted by Crippen LogP contribution is -2.39. The number of hydrogen-bond donors (Lipinski definition) is 1. The Hall–Kier alpha value is -1.22. The van der Waals surface area contributed by atoms with Crippen molar-refractivity contribution in [2.45, 2.75) is 6.92 Å². The van der Waals surface area contributed by atoms with Crippen LogP contribution in [-0.2, 0) is 4.79 Å². The Morgan fingerprint density at radius 1 is 1.57 bits per heavy atom. The summed E-state index contributed by atoms with van der Waals surface area (Å²) >= 11 is 6.05. The first-order valence-corrected chi connectivity index (χ1v) is 4.94. The number of benzene rings is 1. The third kappa shape index (κ3) is 1.34. The largest absolute Gasteiger partial charge is 0.374 e. The molecule has 1 aromatic rings. The number of rotatable bonds is 1. The average molecular weight is 211 g/mol. The van der Waals surface area contributed by atoms with Gasteiger partial charge in [-0.15, -0.1) is 0 Å². The SMILES string of the molecule is CCN1C(=O)CNc2cccc(Cl)c21. The van der Waals surface area contributed by atoms with Gasteiger partial charge in [0.15, 0.2) is 0 Å². The van der Waals surface area contributed by atoms with Crippen molar-refractivity contribution >= 4 is 28.9 Å². The lowest BCUT2D eigenvalue weighted by molar-refractivity contribution is -0.117. The minimum absolute atomic E-state index is 0.0631. The van der Waals surface area contributed by atoms with Crippen LogP contribution in [0.25, 0.3) is 0 Å². The second-order valence-corrected chi connectivity index (χ2v) is 3.53. The second-order valence-electron chi connectivity index (χ2n) is 3.13. The molecule has 0 aromatic heterocycles. The van der Waals surface area contributed by atoms with Crippen molar-refractivity contribution in [2.75, 3.05) is 23.3 Å². The van der Waals surface area contributed by atoms with Crippen molar-refractivity contribution in [1.82, 2.24) is 0 Å². The van der Waals surface area contributed by atoms with Gasteiger partial charge in [0.1, 0.15) is 0 Å². The Morgan fingerprint density at radius 2 is 2.36 bits per heavy atom. The topological polar surface area (TPSA) is 32.3 Å². The van der Waals surface area contributed by atoms with Gasteiger partial charge < -0.3 is 10.2 Å². The van der Waals surface area contributed by atoms with E-state index in [4.69, 9.17) is 11.6 Å². The maximum absolute atomic E-state index is 11.5. The first-order chi connectivity index (χ1) is 6.74. The molecule has 0 spiro atoms. The summed E-state index contributed by atoms with van der Waals surface area (Å²) in [6.45, 7) is 2.94. The molecule has 2 rings (SSSR count). The van der Waals surface area contributed by atoms with E-state index in [9.17, 15) is 4.79 Å². The van der Waals surface area contributed by atoms with E-state index in [1.807, 2.05) is 19.1 Å². The lowest BCUT2D eigenvalue weighted by atomic mass is 10.2. The van der Waals surface area contributed by atoms with E-state index in [1.165, 1.54) is 0 Å². The highest BCUT2D eigenvalue weighted by Crippen LogP contribution is 2.35. The molecule has 0 radical (unpaired) electrons. The average Bonchev–Trinajstić information content (AvgIpc) is 2.19. The maximum Gasteiger partial charge on any atom is 0.246 e. The molecule has 0 saturated heterocycles. The normalized spacial score (nSPS) is 15.0. The number of carbonyl (C=O) groups is 1. The fraction of sp³-hybridized carbons (Fsp3) is 0.300. The zero-order valence-corrected chi connectivity index (χ0v) is 8.64. The van der Waals surface area contributed by atoms with Gasteiger partial charge in [0, 0.05) is 6.54 Å². The van der Waals surface area contributed by atoms with Crippen molar-refractivity contribution in [3.63, 3.8) is 0 Å². The fourth-order valence-electron chi connectivity index (χ4n) is 1.66. The Kier molecular flexibility index (Phi) is 2.33. The van der Waals surface area contributed by atoms with Crippen LogP contribution < -0.4 is 10.2 Å². The number of anilines is 2. The zero-order chi connectivity index (χ0) is 10.1. The fourth-order valence-corrected chi connectivity index (χ4v) is 1.93. The van der Waals surface area contributed by atoms with Crippen LogP contribution in [0.5, 0.6) is 0 Å². The molecule has 14 heavy (non-hydrogen) atoms. The van der Waals surface area contributed by atoms with E-state index >= 15 is 0 Å². The number of amides is 1. The van der Waals surface area contributed by atoms with Gasteiger partial charge in [-0.2, -0.15) is 0 Å². The maximum atomic E-state index is 11.5. The minimum atomic E-state index is 0.0631. The predicted octanol–water partition coefficient (Wildman–Crippen LogP) is 2.12. The highest BCUT2D eigenvalue weighted by molar-refractivity contribution is 6.35. The lowest BCUT2D eigenvalue weighted by Gasteiger charge is -2.29. The molecule has 1 N–H and O–H groups in total. The molecule has 1 heterocycles. The summed E-state index contributed by atoms with van der Waals surface area (Å²) < 4.78 is 0. The summed E-state index contributed by atoms with van der Waals surface area (Å²) in [5, 5.41) is 3.66. The van der Waals surface area contributed by atoms with Crippen LogP contribution in [0.15, 0.2) is 18.2 Å². The van der Waals surface area contributed by atoms with Crippen molar-refractivity contribution in [1.29, 1.82) is 0 Å². The number of hydrogen-bond acceptors (Lipinski definition) is 2. The van der Waals surface area contributed by atoms with Gasteiger partial charge >= 0.3 is 0 Å². The summed E-state index contributed by atoms with van der Waals surface area (Å²) in [5.74, 6) is 0.0631. The van der Waals surface area contributed by atoms with Gasteiger partial charge in [-0.25, -0.2) is 0 Å². The van der Waals surface area contributed by atoms with E-state index < -0.39 is 0 Å². The van der Waals surface area contributed by atoms with Crippen molar-refractivity contribution in [2.24, 2.45) is 0 Å². The summed E-state index contributed by atoms with van der Waals surface area (Å²) in [4.78, 5) is 13.2. The summed E-state index contributed by atoms with van der Waals surface area (Å²) in [6.07, 6.45) is 0. The summed E-state index contributed by atoms with van der Waals surface area (Å²) in [5.41, 5.74) is 1.73. The van der Waals surface area contributed by atoms with Crippen LogP contribution in [0.1, 0.15) is 6.92 Å². The van der Waals surface area contributed by atoms with Gasteiger partial charge in [-0.3, -0.25) is 4.79 Å². The number of fused-ring (bicyclic) bond motifs is 1. The van der Waals surface area contributed by atoms with E-state index in [1.54, 1.807) is 11.0 Å². The Labute approximate surface area is 87.7 Å². The minimum Gasteiger partial charge on any atom is -0.374 e. The standard InChI is InChI=1S/C10H11ClN2O/c1-2-13-9(14)6-12-8-5-3-4-7(11)10(8)13/h3-5,12H,2,6H2,1H3. The number of carbonyl (C=O) groups excluding carboxylic acids is 1. The molecular weight excluding hydrogens is 200 g/mol. The predicted molar refractivity (Wildman–Crippen MR) is 58.0 cm³/mol. The van der Waals surface area contributed by atoms with Gasteiger partial charge in [0.2, 0.25) is 5.91 Å². The van der Waals surface area contributed by atoms with Gasteiger partial charge in [0.05, 0.1) is 22.9 Å². The van der Waals surface area contributed by atoms with Crippen molar-refractivity contribution in [3.8, 4) is 0 Å². The van der Waals surface area contributed by atoms with E-state index in [2.05, 4.69) is 5.32 Å². The molecular formula is C10H11ClN2O. The zero-order valence-electron chi connectivity index (χ0n) is 7.88. The molecule has 0 atom stereocenters. The molecule has 0 saturated carbocycles. The number of para-hydroxylation sites is 1. The van der Waals surface area contributed by atoms with Crippen LogP contribution in [0.2, 0.25) is 5.02 Å². The highest BCUT2D eigenvalue weighted by Gasteiger charge is 2.24. The molecule has 1 aromatic carbocycles. The first-order valence-electron chi connectivity index (χ1n) is 4.56. The van der Waals surface area contributed by atoms with E-state index in [-0.39, 0.29) is 5.91 Å². The molecule has 1 aliphatic rings. The van der Waals surface area contributed by atoms with Crippen LogP contribution in [0.4, 0.5) is 11.4 Å². The molecule has 1 amide bonds. The Bertz CT molecular complexity index is 378. The van der Waals surface area contributed by atoms with Gasteiger partial charge in [-0.1, -0.05) is 17.7 Å². The van der Waals surface area contributed by atoms with Crippen LogP contribution in [-0.4, -0.2) is 19.0 Å². The van der Waals surface area contributed by atoms with E-state index in [0.717, 1.165) is 11.4 Å². The molecule has 1 aliphatic heterocycles. The highest BCUT2D eigenvalue weighted by atomic mass is 35.5. The quantitative estimate of drug-likeness (QED) is 0.770. The molecule has 3 nitrogen and oxygen atoms in total. The van der Waals surface area contributed by atoms with Crippen molar-refractivity contribution < 1.29 is 4.79 Å². The van der Waals surface area contributed by atoms with Crippen LogP contribution in [0, 0.1) is 0 Å². The monoisotopic (exact) mass is 210 g/mol. The third-order valence-corrected chi connectivity index (χ3v) is 2.61. The Balaban J connectivity index is 2.54. The number of likely N-dealkylation sites (N-methyl/N-ethyl adjacent to an activating group) is 1. The van der Waals surface area contributed by atoms with E-state index in [0.29, 0.717) is 18.1 Å². The van der Waals surface area contributed by atoms with Gasteiger partial charge in [0.25, 0.3) is 0 Å². The molecule has 0 aliphatic carbocycles. The van der Waals surface area contributed by atoms with Crippen molar-refractivity contribution in [3.05, 3.63) is 23.2 Å². The Morgan fingerprint density at radius 3 is 3.07 bits per heavy atom. The molecule has 0 unspecified atom stereocenters. The smallest absolute Gasteiger partial charge is 0.246 e. The first kappa shape index (κ1) is 9.34.